The first-order chi connectivity index (χ1) is 12.4. The molecule has 0 radical (unpaired) electrons. The van der Waals surface area contributed by atoms with Gasteiger partial charge in [-0.25, -0.2) is 8.42 Å². The van der Waals surface area contributed by atoms with Crippen LogP contribution in [0, 0.1) is 0 Å². The number of carbonyl (C=O) groups excluding carboxylic acids is 1. The second-order valence-electron chi connectivity index (χ2n) is 7.09. The lowest BCUT2D eigenvalue weighted by Crippen LogP contribution is -2.59. The zero-order valence-corrected chi connectivity index (χ0v) is 15.5. The first-order valence-corrected chi connectivity index (χ1v) is 10.5. The lowest BCUT2D eigenvalue weighted by atomic mass is 10.0. The van der Waals surface area contributed by atoms with Gasteiger partial charge in [0.25, 0.3) is 5.91 Å². The van der Waals surface area contributed by atoms with E-state index in [1.54, 1.807) is 21.8 Å². The van der Waals surface area contributed by atoms with Gasteiger partial charge < -0.3 is 4.90 Å². The SMILES string of the molecule is CN1CCN(C(=O)c2cccc(Cn3cccn3)c2)C2CS(=O)(=O)CC21. The monoisotopic (exact) mass is 374 g/mol. The van der Waals surface area contributed by atoms with Gasteiger partial charge in [0, 0.05) is 37.1 Å². The van der Waals surface area contributed by atoms with Gasteiger partial charge in [0.1, 0.15) is 0 Å². The summed E-state index contributed by atoms with van der Waals surface area (Å²) in [5.41, 5.74) is 1.59. The number of fused-ring (bicyclic) bond motifs is 1. The molecule has 3 heterocycles. The zero-order valence-electron chi connectivity index (χ0n) is 14.7. The van der Waals surface area contributed by atoms with Gasteiger partial charge in [0.05, 0.1) is 24.1 Å². The molecule has 7 nitrogen and oxygen atoms in total. The number of nitrogens with zero attached hydrogens (tertiary/aromatic N) is 4. The smallest absolute Gasteiger partial charge is 0.254 e. The lowest BCUT2D eigenvalue weighted by molar-refractivity contribution is 0.0410. The molecule has 2 saturated heterocycles. The molecule has 138 valence electrons. The fourth-order valence-electron chi connectivity index (χ4n) is 3.93. The Kier molecular flexibility index (Phi) is 4.32. The molecular weight excluding hydrogens is 352 g/mol. The standard InChI is InChI=1S/C18H22N4O3S/c1-20-8-9-22(17-13-26(24,25)12-16(17)20)18(23)15-5-2-4-14(10-15)11-21-7-3-6-19-21/h2-7,10,16-17H,8-9,11-13H2,1H3. The highest BCUT2D eigenvalue weighted by Crippen LogP contribution is 2.27. The van der Waals surface area contributed by atoms with Crippen LogP contribution >= 0.6 is 0 Å². The minimum absolute atomic E-state index is 0.0563. The van der Waals surface area contributed by atoms with Crippen LogP contribution in [0.3, 0.4) is 0 Å². The molecule has 0 bridgehead atoms. The van der Waals surface area contributed by atoms with E-state index in [1.165, 1.54) is 0 Å². The first-order valence-electron chi connectivity index (χ1n) is 8.71. The van der Waals surface area contributed by atoms with E-state index in [-0.39, 0.29) is 29.5 Å². The summed E-state index contributed by atoms with van der Waals surface area (Å²) >= 11 is 0. The van der Waals surface area contributed by atoms with E-state index in [9.17, 15) is 13.2 Å². The number of benzene rings is 1. The Labute approximate surface area is 153 Å². The molecule has 8 heteroatoms. The van der Waals surface area contributed by atoms with Crippen LogP contribution in [0.5, 0.6) is 0 Å². The van der Waals surface area contributed by atoms with Crippen LogP contribution in [0.25, 0.3) is 0 Å². The third-order valence-electron chi connectivity index (χ3n) is 5.29. The van der Waals surface area contributed by atoms with Crippen LogP contribution in [-0.2, 0) is 16.4 Å². The van der Waals surface area contributed by atoms with E-state index in [2.05, 4.69) is 10.00 Å². The number of sulfone groups is 1. The Morgan fingerprint density at radius 2 is 2.00 bits per heavy atom. The molecule has 0 aliphatic carbocycles. The van der Waals surface area contributed by atoms with Crippen LogP contribution in [0.4, 0.5) is 0 Å². The van der Waals surface area contributed by atoms with E-state index in [1.807, 2.05) is 37.5 Å². The van der Waals surface area contributed by atoms with Crippen molar-refractivity contribution in [2.75, 3.05) is 31.6 Å². The highest BCUT2D eigenvalue weighted by molar-refractivity contribution is 7.91. The van der Waals surface area contributed by atoms with Gasteiger partial charge in [-0.05, 0) is 30.8 Å². The molecule has 0 saturated carbocycles. The Morgan fingerprint density at radius 3 is 2.77 bits per heavy atom. The van der Waals surface area contributed by atoms with Crippen molar-refractivity contribution in [3.8, 4) is 0 Å². The molecule has 2 aliphatic rings. The van der Waals surface area contributed by atoms with Crippen LogP contribution in [0.15, 0.2) is 42.7 Å². The summed E-state index contributed by atoms with van der Waals surface area (Å²) in [4.78, 5) is 16.9. The number of carbonyl (C=O) groups is 1. The van der Waals surface area contributed by atoms with Crippen LogP contribution in [0.2, 0.25) is 0 Å². The molecule has 2 unspecified atom stereocenters. The van der Waals surface area contributed by atoms with Crippen LogP contribution < -0.4 is 0 Å². The Bertz CT molecular complexity index is 910. The number of amides is 1. The van der Waals surface area contributed by atoms with Gasteiger partial charge in [-0.15, -0.1) is 0 Å². The molecule has 0 N–H and O–H groups in total. The number of hydrogen-bond acceptors (Lipinski definition) is 5. The number of likely N-dealkylation sites (N-methyl/N-ethyl adjacent to an activating group) is 1. The van der Waals surface area contributed by atoms with Crippen molar-refractivity contribution in [2.24, 2.45) is 0 Å². The highest BCUT2D eigenvalue weighted by atomic mass is 32.2. The Balaban J connectivity index is 1.57. The fraction of sp³-hybridized carbons (Fsp3) is 0.444. The quantitative estimate of drug-likeness (QED) is 0.781. The van der Waals surface area contributed by atoms with Crippen molar-refractivity contribution < 1.29 is 13.2 Å². The van der Waals surface area contributed by atoms with E-state index in [0.717, 1.165) is 5.56 Å². The minimum atomic E-state index is -3.10. The van der Waals surface area contributed by atoms with Crippen LogP contribution in [0.1, 0.15) is 15.9 Å². The maximum absolute atomic E-state index is 13.1. The zero-order chi connectivity index (χ0) is 18.3. The summed E-state index contributed by atoms with van der Waals surface area (Å²) in [6.07, 6.45) is 3.60. The average molecular weight is 374 g/mol. The normalized spacial score (nSPS) is 25.2. The minimum Gasteiger partial charge on any atom is -0.332 e. The van der Waals surface area contributed by atoms with E-state index < -0.39 is 9.84 Å². The maximum Gasteiger partial charge on any atom is 0.254 e. The molecule has 2 atom stereocenters. The van der Waals surface area contributed by atoms with Crippen molar-refractivity contribution in [1.82, 2.24) is 19.6 Å². The number of aromatic nitrogens is 2. The molecule has 1 aromatic carbocycles. The topological polar surface area (TPSA) is 75.5 Å². The summed E-state index contributed by atoms with van der Waals surface area (Å²) < 4.78 is 26.0. The van der Waals surface area contributed by atoms with Gasteiger partial charge in [-0.1, -0.05) is 12.1 Å². The van der Waals surface area contributed by atoms with E-state index in [4.69, 9.17) is 0 Å². The summed E-state index contributed by atoms with van der Waals surface area (Å²) in [7, 11) is -1.16. The van der Waals surface area contributed by atoms with E-state index >= 15 is 0 Å². The molecule has 0 spiro atoms. The van der Waals surface area contributed by atoms with Gasteiger partial charge in [-0.3, -0.25) is 14.4 Å². The van der Waals surface area contributed by atoms with Crippen molar-refractivity contribution >= 4 is 15.7 Å². The Morgan fingerprint density at radius 1 is 1.19 bits per heavy atom. The third-order valence-corrected chi connectivity index (χ3v) is 6.99. The summed E-state index contributed by atoms with van der Waals surface area (Å²) in [5.74, 6) is 0.102. The van der Waals surface area contributed by atoms with Crippen molar-refractivity contribution in [2.45, 2.75) is 18.6 Å². The van der Waals surface area contributed by atoms with Crippen molar-refractivity contribution in [3.63, 3.8) is 0 Å². The molecule has 1 amide bonds. The summed E-state index contributed by atoms with van der Waals surface area (Å²) in [6, 6.07) is 8.99. The first kappa shape index (κ1) is 17.2. The maximum atomic E-state index is 13.1. The third kappa shape index (κ3) is 3.26. The summed E-state index contributed by atoms with van der Waals surface area (Å²) in [6.45, 7) is 1.84. The number of hydrogen-bond donors (Lipinski definition) is 0. The largest absolute Gasteiger partial charge is 0.332 e. The van der Waals surface area contributed by atoms with Crippen molar-refractivity contribution in [1.29, 1.82) is 0 Å². The number of piperazine rings is 1. The molecule has 1 aromatic heterocycles. The predicted octanol–water partition coefficient (Wildman–Crippen LogP) is 0.485. The predicted molar refractivity (Wildman–Crippen MR) is 97.7 cm³/mol. The van der Waals surface area contributed by atoms with Gasteiger partial charge >= 0.3 is 0 Å². The van der Waals surface area contributed by atoms with E-state index in [0.29, 0.717) is 25.2 Å². The fourth-order valence-corrected chi connectivity index (χ4v) is 5.98. The van der Waals surface area contributed by atoms with Gasteiger partial charge in [-0.2, -0.15) is 5.10 Å². The summed E-state index contributed by atoms with van der Waals surface area (Å²) in [5, 5.41) is 4.19. The molecule has 2 aromatic rings. The Hall–Kier alpha value is -2.19. The average Bonchev–Trinajstić information content (AvgIpc) is 3.22. The highest BCUT2D eigenvalue weighted by Gasteiger charge is 2.47. The molecule has 2 aliphatic heterocycles. The van der Waals surface area contributed by atoms with Crippen molar-refractivity contribution in [3.05, 3.63) is 53.9 Å². The second-order valence-corrected chi connectivity index (χ2v) is 9.25. The lowest BCUT2D eigenvalue weighted by Gasteiger charge is -2.42. The van der Waals surface area contributed by atoms with Gasteiger partial charge in [0.2, 0.25) is 0 Å². The second kappa shape index (κ2) is 6.51. The molecular formula is C18H22N4O3S. The number of rotatable bonds is 3. The molecule has 26 heavy (non-hydrogen) atoms. The van der Waals surface area contributed by atoms with Crippen LogP contribution in [-0.4, -0.2) is 77.6 Å². The van der Waals surface area contributed by atoms with Gasteiger partial charge in [0.15, 0.2) is 9.84 Å². The molecule has 4 rings (SSSR count). The molecule has 2 fully saturated rings.